The van der Waals surface area contributed by atoms with Crippen molar-refractivity contribution in [3.8, 4) is 0 Å². The minimum Gasteiger partial charge on any atom is -0.352 e. The molecule has 0 bridgehead atoms. The Morgan fingerprint density at radius 3 is 2.64 bits per heavy atom. The van der Waals surface area contributed by atoms with E-state index in [1.165, 1.54) is 18.2 Å². The summed E-state index contributed by atoms with van der Waals surface area (Å²) in [7, 11) is 0. The van der Waals surface area contributed by atoms with E-state index in [2.05, 4.69) is 16.0 Å². The van der Waals surface area contributed by atoms with Gasteiger partial charge in [0, 0.05) is 24.2 Å². The van der Waals surface area contributed by atoms with Crippen molar-refractivity contribution in [1.29, 1.82) is 0 Å². The molecule has 0 heterocycles. The summed E-state index contributed by atoms with van der Waals surface area (Å²) >= 11 is 6.03. The molecule has 1 saturated carbocycles. The molecule has 2 aromatic carbocycles. The summed E-state index contributed by atoms with van der Waals surface area (Å²) in [4.78, 5) is 24.3. The zero-order valence-corrected chi connectivity index (χ0v) is 19.4. The maximum absolute atomic E-state index is 14.9. The van der Waals surface area contributed by atoms with E-state index in [-0.39, 0.29) is 23.5 Å². The molecule has 3 N–H and O–H groups in total. The number of hydrogen-bond acceptors (Lipinski definition) is 3. The molecule has 5 nitrogen and oxygen atoms in total. The lowest BCUT2D eigenvalue weighted by Gasteiger charge is -2.31. The third-order valence-corrected chi connectivity index (χ3v) is 6.55. The van der Waals surface area contributed by atoms with E-state index in [1.807, 2.05) is 6.92 Å². The predicted molar refractivity (Wildman–Crippen MR) is 126 cm³/mol. The van der Waals surface area contributed by atoms with Crippen molar-refractivity contribution < 1.29 is 18.4 Å². The van der Waals surface area contributed by atoms with Crippen molar-refractivity contribution in [2.75, 3.05) is 5.32 Å². The monoisotopic (exact) mass is 477 g/mol. The van der Waals surface area contributed by atoms with E-state index in [0.29, 0.717) is 29.6 Å². The van der Waals surface area contributed by atoms with Crippen LogP contribution in [0.25, 0.3) is 0 Å². The first-order valence-corrected chi connectivity index (χ1v) is 11.8. The van der Waals surface area contributed by atoms with Crippen molar-refractivity contribution in [2.24, 2.45) is 0 Å². The third-order valence-electron chi connectivity index (χ3n) is 6.26. The Bertz CT molecular complexity index is 967. The maximum Gasteiger partial charge on any atom is 0.237 e. The van der Waals surface area contributed by atoms with Gasteiger partial charge in [0.25, 0.3) is 0 Å². The molecule has 1 fully saturated rings. The number of carbonyl (C=O) groups excluding carboxylic acids is 2. The van der Waals surface area contributed by atoms with Gasteiger partial charge in [-0.15, -0.1) is 0 Å². The van der Waals surface area contributed by atoms with Gasteiger partial charge in [-0.2, -0.15) is 0 Å². The smallest absolute Gasteiger partial charge is 0.237 e. The molecule has 0 radical (unpaired) electrons. The lowest BCUT2D eigenvalue weighted by Crippen LogP contribution is -2.51. The second-order valence-corrected chi connectivity index (χ2v) is 8.83. The normalized spacial score (nSPS) is 16.1. The van der Waals surface area contributed by atoms with Crippen LogP contribution in [-0.2, 0) is 16.1 Å². The zero-order valence-electron chi connectivity index (χ0n) is 18.7. The van der Waals surface area contributed by atoms with Crippen LogP contribution in [0.15, 0.2) is 36.4 Å². The number of amides is 2. The molecule has 2 atom stereocenters. The minimum atomic E-state index is -0.751. The highest BCUT2D eigenvalue weighted by molar-refractivity contribution is 6.30. The van der Waals surface area contributed by atoms with Crippen LogP contribution in [0, 0.1) is 11.6 Å². The van der Waals surface area contributed by atoms with Gasteiger partial charge in [0.2, 0.25) is 12.3 Å². The molecule has 2 amide bonds. The fourth-order valence-corrected chi connectivity index (χ4v) is 4.70. The summed E-state index contributed by atoms with van der Waals surface area (Å²) in [5, 5.41) is 8.87. The average Bonchev–Trinajstić information content (AvgIpc) is 2.81. The number of rotatable bonds is 10. The molecule has 3 rings (SSSR count). The molecule has 0 spiro atoms. The summed E-state index contributed by atoms with van der Waals surface area (Å²) in [6.07, 6.45) is 6.12. The SMILES string of the molecule is CCC(c1cccc(Cl)c1F)[C@@H](NCc1ccc(F)cc1NC=O)C(=O)NC1CCCCC1. The number of benzene rings is 2. The van der Waals surface area contributed by atoms with Gasteiger partial charge in [0.1, 0.15) is 11.6 Å². The van der Waals surface area contributed by atoms with Gasteiger partial charge in [-0.3, -0.25) is 9.59 Å². The number of hydrogen-bond donors (Lipinski definition) is 3. The molecule has 1 aliphatic carbocycles. The molecular weight excluding hydrogens is 448 g/mol. The van der Waals surface area contributed by atoms with Crippen molar-refractivity contribution in [2.45, 2.75) is 70.0 Å². The Kier molecular flexibility index (Phi) is 9.21. The summed E-state index contributed by atoms with van der Waals surface area (Å²) in [5.41, 5.74) is 1.29. The third kappa shape index (κ3) is 6.51. The van der Waals surface area contributed by atoms with Gasteiger partial charge in [-0.05, 0) is 48.6 Å². The van der Waals surface area contributed by atoms with E-state index in [1.54, 1.807) is 18.2 Å². The van der Waals surface area contributed by atoms with Crippen molar-refractivity contribution in [3.63, 3.8) is 0 Å². The van der Waals surface area contributed by atoms with Crippen LogP contribution >= 0.6 is 11.6 Å². The Balaban J connectivity index is 1.88. The molecule has 33 heavy (non-hydrogen) atoms. The fraction of sp³-hybridized carbons (Fsp3) is 0.440. The van der Waals surface area contributed by atoms with Crippen LogP contribution in [0.5, 0.6) is 0 Å². The lowest BCUT2D eigenvalue weighted by molar-refractivity contribution is -0.124. The highest BCUT2D eigenvalue weighted by Crippen LogP contribution is 2.31. The van der Waals surface area contributed by atoms with Crippen LogP contribution in [0.1, 0.15) is 62.5 Å². The van der Waals surface area contributed by atoms with Crippen LogP contribution in [-0.4, -0.2) is 24.4 Å². The van der Waals surface area contributed by atoms with Gasteiger partial charge < -0.3 is 16.0 Å². The molecule has 1 aliphatic rings. The highest BCUT2D eigenvalue weighted by atomic mass is 35.5. The molecular formula is C25H30ClF2N3O2. The van der Waals surface area contributed by atoms with Gasteiger partial charge in [-0.1, -0.05) is 56.0 Å². The quantitative estimate of drug-likeness (QED) is 0.407. The van der Waals surface area contributed by atoms with Crippen LogP contribution in [0.4, 0.5) is 14.5 Å². The molecule has 0 saturated heterocycles. The lowest BCUT2D eigenvalue weighted by atomic mass is 9.87. The van der Waals surface area contributed by atoms with E-state index < -0.39 is 23.6 Å². The Hall–Kier alpha value is -2.51. The Morgan fingerprint density at radius 2 is 1.94 bits per heavy atom. The Labute approximate surface area is 198 Å². The largest absolute Gasteiger partial charge is 0.352 e. The van der Waals surface area contributed by atoms with Crippen molar-refractivity contribution in [1.82, 2.24) is 10.6 Å². The van der Waals surface area contributed by atoms with E-state index in [4.69, 9.17) is 11.6 Å². The van der Waals surface area contributed by atoms with Gasteiger partial charge in [0.15, 0.2) is 0 Å². The second kappa shape index (κ2) is 12.1. The molecule has 0 aliphatic heterocycles. The van der Waals surface area contributed by atoms with E-state index >= 15 is 0 Å². The van der Waals surface area contributed by atoms with Gasteiger partial charge in [0.05, 0.1) is 11.1 Å². The van der Waals surface area contributed by atoms with Crippen LogP contribution in [0.3, 0.4) is 0 Å². The average molecular weight is 478 g/mol. The summed E-state index contributed by atoms with van der Waals surface area (Å²) < 4.78 is 28.6. The standard InChI is InChI=1S/C25H30ClF2N3O2/c1-2-19(20-9-6-10-21(26)23(20)28)24(25(33)31-18-7-4-3-5-8-18)29-14-16-11-12-17(27)13-22(16)30-15-32/h6,9-13,15,18-19,24,29H,2-5,7-8,14H2,1H3,(H,30,32)(H,31,33)/t19?,24-/m1/s1. The number of nitrogens with one attached hydrogen (secondary N) is 3. The Morgan fingerprint density at radius 1 is 1.18 bits per heavy atom. The number of anilines is 1. The summed E-state index contributed by atoms with van der Waals surface area (Å²) in [6, 6.07) is 8.20. The first-order valence-electron chi connectivity index (χ1n) is 11.4. The first kappa shape index (κ1) is 25.1. The zero-order chi connectivity index (χ0) is 23.8. The van der Waals surface area contributed by atoms with Crippen LogP contribution in [0.2, 0.25) is 5.02 Å². The van der Waals surface area contributed by atoms with E-state index in [0.717, 1.165) is 32.1 Å². The second-order valence-electron chi connectivity index (χ2n) is 8.42. The highest BCUT2D eigenvalue weighted by Gasteiger charge is 2.32. The fourth-order valence-electron chi connectivity index (χ4n) is 4.52. The molecule has 178 valence electrons. The first-order chi connectivity index (χ1) is 15.9. The van der Waals surface area contributed by atoms with Gasteiger partial charge >= 0.3 is 0 Å². The van der Waals surface area contributed by atoms with E-state index in [9.17, 15) is 18.4 Å². The number of halogens is 3. The maximum atomic E-state index is 14.9. The van der Waals surface area contributed by atoms with Gasteiger partial charge in [-0.25, -0.2) is 8.78 Å². The van der Waals surface area contributed by atoms with Crippen molar-refractivity contribution >= 4 is 29.6 Å². The van der Waals surface area contributed by atoms with Crippen LogP contribution < -0.4 is 16.0 Å². The number of carbonyl (C=O) groups is 2. The molecule has 0 aromatic heterocycles. The van der Waals surface area contributed by atoms with Crippen molar-refractivity contribution in [3.05, 3.63) is 64.2 Å². The predicted octanol–water partition coefficient (Wildman–Crippen LogP) is 5.29. The minimum absolute atomic E-state index is 0.00777. The molecule has 2 aromatic rings. The topological polar surface area (TPSA) is 70.2 Å². The molecule has 1 unspecified atom stereocenters. The molecule has 8 heteroatoms. The summed E-state index contributed by atoms with van der Waals surface area (Å²) in [5.74, 6) is -1.70. The summed E-state index contributed by atoms with van der Waals surface area (Å²) in [6.45, 7) is 2.07.